The molecule has 0 unspecified atom stereocenters. The third-order valence-electron chi connectivity index (χ3n) is 2.74. The third-order valence-corrected chi connectivity index (χ3v) is 2.98. The van der Waals surface area contributed by atoms with Crippen LogP contribution >= 0.6 is 11.6 Å². The van der Waals surface area contributed by atoms with Crippen LogP contribution in [0.3, 0.4) is 0 Å². The summed E-state index contributed by atoms with van der Waals surface area (Å²) in [7, 11) is 1.49. The molecule has 0 saturated heterocycles. The summed E-state index contributed by atoms with van der Waals surface area (Å²) in [5.74, 6) is 0.0278. The first-order chi connectivity index (χ1) is 9.10. The first-order valence-corrected chi connectivity index (χ1v) is 6.09. The lowest BCUT2D eigenvalue weighted by molar-refractivity contribution is 0.0990. The highest BCUT2D eigenvalue weighted by Crippen LogP contribution is 2.24. The van der Waals surface area contributed by atoms with Crippen LogP contribution in [-0.2, 0) is 6.42 Å². The maximum Gasteiger partial charge on any atom is 0.170 e. The summed E-state index contributed by atoms with van der Waals surface area (Å²) in [6.07, 6.45) is 0.193. The molecule has 2 rings (SSSR count). The number of methoxy groups -OCH3 is 1. The third kappa shape index (κ3) is 3.32. The van der Waals surface area contributed by atoms with E-state index in [1.165, 1.54) is 19.2 Å². The molecule has 0 fully saturated rings. The molecular formula is C15H12ClFO2. The molecule has 0 aliphatic heterocycles. The van der Waals surface area contributed by atoms with Gasteiger partial charge in [0.15, 0.2) is 5.78 Å². The Morgan fingerprint density at radius 2 is 1.89 bits per heavy atom. The fraction of sp³-hybridized carbons (Fsp3) is 0.133. The number of ketones is 1. The van der Waals surface area contributed by atoms with Gasteiger partial charge in [-0.15, -0.1) is 0 Å². The Balaban J connectivity index is 2.22. The SMILES string of the molecule is COc1cc(Cl)ccc1C(=O)Cc1ccc(F)cc1. The van der Waals surface area contributed by atoms with E-state index in [4.69, 9.17) is 16.3 Å². The van der Waals surface area contributed by atoms with Crippen LogP contribution in [0.25, 0.3) is 0 Å². The van der Waals surface area contributed by atoms with Crippen molar-refractivity contribution in [3.63, 3.8) is 0 Å². The van der Waals surface area contributed by atoms with E-state index in [9.17, 15) is 9.18 Å². The van der Waals surface area contributed by atoms with Crippen LogP contribution in [0.15, 0.2) is 42.5 Å². The minimum atomic E-state index is -0.319. The van der Waals surface area contributed by atoms with Gasteiger partial charge in [-0.25, -0.2) is 4.39 Å². The molecule has 4 heteroatoms. The molecule has 0 amide bonds. The van der Waals surface area contributed by atoms with E-state index < -0.39 is 0 Å². The van der Waals surface area contributed by atoms with Gasteiger partial charge in [0.05, 0.1) is 12.7 Å². The van der Waals surface area contributed by atoms with Gasteiger partial charge in [0.2, 0.25) is 0 Å². The molecule has 0 spiro atoms. The number of Topliss-reactive ketones (excluding diaryl/α,β-unsaturated/α-hetero) is 1. The number of ether oxygens (including phenoxy) is 1. The molecule has 0 aromatic heterocycles. The summed E-state index contributed by atoms with van der Waals surface area (Å²) in [4.78, 5) is 12.2. The normalized spacial score (nSPS) is 10.3. The molecule has 0 aliphatic carbocycles. The van der Waals surface area contributed by atoms with Gasteiger partial charge in [-0.05, 0) is 35.9 Å². The fourth-order valence-corrected chi connectivity index (χ4v) is 1.94. The zero-order chi connectivity index (χ0) is 13.8. The van der Waals surface area contributed by atoms with E-state index >= 15 is 0 Å². The molecule has 0 atom stereocenters. The zero-order valence-electron chi connectivity index (χ0n) is 10.3. The van der Waals surface area contributed by atoms with Gasteiger partial charge in [-0.3, -0.25) is 4.79 Å². The second-order valence-corrected chi connectivity index (χ2v) is 4.51. The largest absolute Gasteiger partial charge is 0.496 e. The molecule has 2 aromatic carbocycles. The Morgan fingerprint density at radius 3 is 2.53 bits per heavy atom. The van der Waals surface area contributed by atoms with E-state index in [0.717, 1.165) is 5.56 Å². The van der Waals surface area contributed by atoms with Crippen molar-refractivity contribution in [2.24, 2.45) is 0 Å². The predicted molar refractivity (Wildman–Crippen MR) is 72.4 cm³/mol. The van der Waals surface area contributed by atoms with Gasteiger partial charge in [0, 0.05) is 11.4 Å². The smallest absolute Gasteiger partial charge is 0.170 e. The lowest BCUT2D eigenvalue weighted by Crippen LogP contribution is -2.05. The lowest BCUT2D eigenvalue weighted by atomic mass is 10.0. The minimum absolute atomic E-state index is 0.0971. The van der Waals surface area contributed by atoms with Crippen LogP contribution < -0.4 is 4.74 Å². The summed E-state index contributed by atoms with van der Waals surface area (Å²) < 4.78 is 17.9. The Bertz CT molecular complexity index is 594. The van der Waals surface area contributed by atoms with Crippen molar-refractivity contribution < 1.29 is 13.9 Å². The number of hydrogen-bond donors (Lipinski definition) is 0. The fourth-order valence-electron chi connectivity index (χ4n) is 1.78. The molecule has 0 N–H and O–H groups in total. The average Bonchev–Trinajstić information content (AvgIpc) is 2.41. The molecule has 0 saturated carbocycles. The monoisotopic (exact) mass is 278 g/mol. The van der Waals surface area contributed by atoms with Crippen LogP contribution in [0.2, 0.25) is 5.02 Å². The number of carbonyl (C=O) groups excluding carboxylic acids is 1. The minimum Gasteiger partial charge on any atom is -0.496 e. The highest BCUT2D eigenvalue weighted by molar-refractivity contribution is 6.30. The van der Waals surface area contributed by atoms with Crippen molar-refractivity contribution in [2.75, 3.05) is 7.11 Å². The molecule has 0 aliphatic rings. The average molecular weight is 279 g/mol. The molecule has 2 nitrogen and oxygen atoms in total. The maximum absolute atomic E-state index is 12.8. The summed E-state index contributed by atoms with van der Waals surface area (Å²) in [6.45, 7) is 0. The van der Waals surface area contributed by atoms with Crippen LogP contribution in [0.4, 0.5) is 4.39 Å². The quantitative estimate of drug-likeness (QED) is 0.793. The van der Waals surface area contributed by atoms with Crippen molar-refractivity contribution in [3.05, 3.63) is 64.4 Å². The molecule has 19 heavy (non-hydrogen) atoms. The van der Waals surface area contributed by atoms with E-state index in [0.29, 0.717) is 16.3 Å². The van der Waals surface area contributed by atoms with Crippen LogP contribution in [0.5, 0.6) is 5.75 Å². The van der Waals surface area contributed by atoms with Crippen molar-refractivity contribution >= 4 is 17.4 Å². The molecule has 2 aromatic rings. The van der Waals surface area contributed by atoms with Crippen LogP contribution in [0.1, 0.15) is 15.9 Å². The molecule has 0 radical (unpaired) electrons. The molecular weight excluding hydrogens is 267 g/mol. The maximum atomic E-state index is 12.8. The van der Waals surface area contributed by atoms with Gasteiger partial charge in [0.1, 0.15) is 11.6 Å². The second-order valence-electron chi connectivity index (χ2n) is 4.07. The molecule has 0 bridgehead atoms. The lowest BCUT2D eigenvalue weighted by Gasteiger charge is -2.08. The highest BCUT2D eigenvalue weighted by atomic mass is 35.5. The second kappa shape index (κ2) is 5.85. The van der Waals surface area contributed by atoms with E-state index in [2.05, 4.69) is 0 Å². The van der Waals surface area contributed by atoms with Crippen molar-refractivity contribution in [1.82, 2.24) is 0 Å². The van der Waals surface area contributed by atoms with Crippen molar-refractivity contribution in [2.45, 2.75) is 6.42 Å². The summed E-state index contributed by atoms with van der Waals surface area (Å²) in [5.41, 5.74) is 1.22. The van der Waals surface area contributed by atoms with Crippen molar-refractivity contribution in [1.29, 1.82) is 0 Å². The van der Waals surface area contributed by atoms with E-state index in [-0.39, 0.29) is 18.0 Å². The topological polar surface area (TPSA) is 26.3 Å². The number of benzene rings is 2. The molecule has 98 valence electrons. The number of rotatable bonds is 4. The van der Waals surface area contributed by atoms with E-state index in [1.54, 1.807) is 30.3 Å². The first-order valence-electron chi connectivity index (χ1n) is 5.71. The van der Waals surface area contributed by atoms with Gasteiger partial charge < -0.3 is 4.74 Å². The van der Waals surface area contributed by atoms with Crippen LogP contribution in [-0.4, -0.2) is 12.9 Å². The standard InChI is InChI=1S/C15H12ClFO2/c1-19-15-9-11(16)4-7-13(15)14(18)8-10-2-5-12(17)6-3-10/h2-7,9H,8H2,1H3. The zero-order valence-corrected chi connectivity index (χ0v) is 11.1. The van der Waals surface area contributed by atoms with Gasteiger partial charge >= 0.3 is 0 Å². The Hall–Kier alpha value is -1.87. The first kappa shape index (κ1) is 13.6. The number of hydrogen-bond acceptors (Lipinski definition) is 2. The summed E-state index contributed by atoms with van der Waals surface area (Å²) in [5, 5.41) is 0.509. The van der Waals surface area contributed by atoms with Gasteiger partial charge in [-0.2, -0.15) is 0 Å². The van der Waals surface area contributed by atoms with Crippen molar-refractivity contribution in [3.8, 4) is 5.75 Å². The molecule has 0 heterocycles. The summed E-state index contributed by atoms with van der Waals surface area (Å²) >= 11 is 5.84. The Labute approximate surface area is 115 Å². The van der Waals surface area contributed by atoms with Gasteiger partial charge in [-0.1, -0.05) is 23.7 Å². The Morgan fingerprint density at radius 1 is 1.21 bits per heavy atom. The Kier molecular flexibility index (Phi) is 4.17. The van der Waals surface area contributed by atoms with Gasteiger partial charge in [0.25, 0.3) is 0 Å². The number of halogens is 2. The number of carbonyl (C=O) groups is 1. The van der Waals surface area contributed by atoms with E-state index in [1.807, 2.05) is 0 Å². The van der Waals surface area contributed by atoms with Crippen LogP contribution in [0, 0.1) is 5.82 Å². The summed E-state index contributed by atoms with van der Waals surface area (Å²) in [6, 6.07) is 10.7. The predicted octanol–water partition coefficient (Wildman–Crippen LogP) is 3.91. The highest BCUT2D eigenvalue weighted by Gasteiger charge is 2.13.